The number of nitrogens with zero attached hydrogens (tertiary/aromatic N) is 1. The Morgan fingerprint density at radius 1 is 1.27 bits per heavy atom. The van der Waals surface area contributed by atoms with Crippen molar-refractivity contribution in [2.45, 2.75) is 38.1 Å². The summed E-state index contributed by atoms with van der Waals surface area (Å²) in [5.74, 6) is -0.0796. The fraction of sp³-hybridized carbons (Fsp3) is 0.533. The number of carbonyl (C=O) groups excluding carboxylic acids is 1. The molecule has 1 aromatic rings. The first-order chi connectivity index (χ1) is 9.64. The molecule has 2 rings (SSSR count). The van der Waals surface area contributed by atoms with E-state index in [1.54, 1.807) is 12.1 Å². The Balaban J connectivity index is 0.00000242. The van der Waals surface area contributed by atoms with Gasteiger partial charge in [-0.2, -0.15) is 4.31 Å². The molecule has 0 bridgehead atoms. The third-order valence-electron chi connectivity index (χ3n) is 4.18. The number of benzene rings is 1. The Kier molecular flexibility index (Phi) is 5.78. The zero-order valence-electron chi connectivity index (χ0n) is 13.1. The van der Waals surface area contributed by atoms with Gasteiger partial charge in [-0.15, -0.1) is 12.4 Å². The van der Waals surface area contributed by atoms with Crippen LogP contribution in [0.5, 0.6) is 0 Å². The van der Waals surface area contributed by atoms with Crippen LogP contribution in [0.1, 0.15) is 37.6 Å². The SMILES string of the molecule is CC(=O)c1ccc(S(=O)(=O)N2CCC(N)C(C)(C)C2)cc1.Cl. The Labute approximate surface area is 138 Å². The summed E-state index contributed by atoms with van der Waals surface area (Å²) in [5, 5.41) is 0. The Hall–Kier alpha value is -0.950. The van der Waals surface area contributed by atoms with Gasteiger partial charge in [0.25, 0.3) is 0 Å². The quantitative estimate of drug-likeness (QED) is 0.849. The number of nitrogens with two attached hydrogens (primary N) is 1. The van der Waals surface area contributed by atoms with E-state index in [9.17, 15) is 13.2 Å². The van der Waals surface area contributed by atoms with Crippen LogP contribution in [0, 0.1) is 5.41 Å². The first kappa shape index (κ1) is 19.1. The predicted molar refractivity (Wildman–Crippen MR) is 88.8 cm³/mol. The molecule has 0 amide bonds. The number of Topliss-reactive ketones (excluding diaryl/α,β-unsaturated/α-hetero) is 1. The van der Waals surface area contributed by atoms with E-state index in [4.69, 9.17) is 5.73 Å². The molecule has 7 heteroatoms. The Bertz CT molecular complexity index is 641. The lowest BCUT2D eigenvalue weighted by molar-refractivity contribution is 0.101. The maximum atomic E-state index is 12.7. The predicted octanol–water partition coefficient (Wildman–Crippen LogP) is 2.06. The van der Waals surface area contributed by atoms with Gasteiger partial charge in [-0.05, 0) is 30.9 Å². The van der Waals surface area contributed by atoms with Gasteiger partial charge in [-0.3, -0.25) is 4.79 Å². The van der Waals surface area contributed by atoms with E-state index < -0.39 is 10.0 Å². The normalized spacial score (nSPS) is 21.9. The number of hydrogen-bond donors (Lipinski definition) is 1. The molecule has 1 heterocycles. The van der Waals surface area contributed by atoms with Gasteiger partial charge in [-0.25, -0.2) is 8.42 Å². The number of rotatable bonds is 3. The molecular formula is C15H23ClN2O3S. The fourth-order valence-corrected chi connectivity index (χ4v) is 4.17. The van der Waals surface area contributed by atoms with Gasteiger partial charge in [0.1, 0.15) is 0 Å². The van der Waals surface area contributed by atoms with E-state index in [1.165, 1.54) is 23.4 Å². The summed E-state index contributed by atoms with van der Waals surface area (Å²) in [6.07, 6.45) is 0.651. The lowest BCUT2D eigenvalue weighted by atomic mass is 9.81. The number of piperidine rings is 1. The van der Waals surface area contributed by atoms with Crippen molar-refractivity contribution in [3.63, 3.8) is 0 Å². The van der Waals surface area contributed by atoms with Gasteiger partial charge < -0.3 is 5.73 Å². The van der Waals surface area contributed by atoms with Crippen molar-refractivity contribution in [3.8, 4) is 0 Å². The third-order valence-corrected chi connectivity index (χ3v) is 6.04. The van der Waals surface area contributed by atoms with Gasteiger partial charge in [0.2, 0.25) is 10.0 Å². The molecule has 1 atom stereocenters. The summed E-state index contributed by atoms with van der Waals surface area (Å²) < 4.78 is 26.8. The Morgan fingerprint density at radius 2 is 1.82 bits per heavy atom. The molecule has 22 heavy (non-hydrogen) atoms. The van der Waals surface area contributed by atoms with Gasteiger partial charge in [-0.1, -0.05) is 26.0 Å². The van der Waals surface area contributed by atoms with E-state index in [0.717, 1.165) is 0 Å². The van der Waals surface area contributed by atoms with Crippen molar-refractivity contribution in [1.82, 2.24) is 4.31 Å². The van der Waals surface area contributed by atoms with Crippen LogP contribution in [0.25, 0.3) is 0 Å². The molecule has 0 saturated carbocycles. The number of hydrogen-bond acceptors (Lipinski definition) is 4. The molecule has 1 aliphatic rings. The van der Waals surface area contributed by atoms with Crippen LogP contribution in [0.2, 0.25) is 0 Å². The highest BCUT2D eigenvalue weighted by Crippen LogP contribution is 2.31. The number of ketones is 1. The largest absolute Gasteiger partial charge is 0.327 e. The molecule has 1 unspecified atom stereocenters. The highest BCUT2D eigenvalue weighted by Gasteiger charge is 2.38. The lowest BCUT2D eigenvalue weighted by Gasteiger charge is -2.41. The molecule has 0 spiro atoms. The number of carbonyl (C=O) groups is 1. The van der Waals surface area contributed by atoms with Crippen molar-refractivity contribution in [2.75, 3.05) is 13.1 Å². The average Bonchev–Trinajstić information content (AvgIpc) is 2.41. The summed E-state index contributed by atoms with van der Waals surface area (Å²) in [6, 6.07) is 6.09. The van der Waals surface area contributed by atoms with Crippen molar-refractivity contribution in [3.05, 3.63) is 29.8 Å². The van der Waals surface area contributed by atoms with Crippen LogP contribution in [0.15, 0.2) is 29.2 Å². The van der Waals surface area contributed by atoms with E-state index in [-0.39, 0.29) is 34.5 Å². The molecule has 0 radical (unpaired) electrons. The number of sulfonamides is 1. The molecule has 124 valence electrons. The molecule has 0 aromatic heterocycles. The van der Waals surface area contributed by atoms with Crippen LogP contribution >= 0.6 is 12.4 Å². The number of halogens is 1. The monoisotopic (exact) mass is 346 g/mol. The van der Waals surface area contributed by atoms with E-state index in [0.29, 0.717) is 25.1 Å². The summed E-state index contributed by atoms with van der Waals surface area (Å²) in [7, 11) is -3.53. The molecule has 2 N–H and O–H groups in total. The molecule has 1 saturated heterocycles. The minimum Gasteiger partial charge on any atom is -0.327 e. The highest BCUT2D eigenvalue weighted by atomic mass is 35.5. The van der Waals surface area contributed by atoms with Crippen molar-refractivity contribution >= 4 is 28.2 Å². The second kappa shape index (κ2) is 6.66. The zero-order valence-corrected chi connectivity index (χ0v) is 14.7. The lowest BCUT2D eigenvalue weighted by Crippen LogP contribution is -2.53. The van der Waals surface area contributed by atoms with E-state index in [1.807, 2.05) is 13.8 Å². The topological polar surface area (TPSA) is 80.5 Å². The minimum atomic E-state index is -3.53. The molecule has 0 aliphatic carbocycles. The van der Waals surface area contributed by atoms with Crippen molar-refractivity contribution in [1.29, 1.82) is 0 Å². The van der Waals surface area contributed by atoms with Gasteiger partial charge in [0, 0.05) is 24.7 Å². The smallest absolute Gasteiger partial charge is 0.243 e. The standard InChI is InChI=1S/C15H22N2O3S.ClH/c1-11(18)12-4-6-13(7-5-12)21(19,20)17-9-8-14(16)15(2,3)10-17;/h4-7,14H,8-10,16H2,1-3H3;1H. The highest BCUT2D eigenvalue weighted by molar-refractivity contribution is 7.89. The molecule has 5 nitrogen and oxygen atoms in total. The molecule has 1 aromatic carbocycles. The average molecular weight is 347 g/mol. The van der Waals surface area contributed by atoms with Gasteiger partial charge in [0.15, 0.2) is 5.78 Å². The van der Waals surface area contributed by atoms with Crippen LogP contribution in [-0.2, 0) is 10.0 Å². The van der Waals surface area contributed by atoms with E-state index >= 15 is 0 Å². The first-order valence-corrected chi connectivity index (χ1v) is 8.45. The van der Waals surface area contributed by atoms with Gasteiger partial charge in [0.05, 0.1) is 4.90 Å². The maximum Gasteiger partial charge on any atom is 0.243 e. The fourth-order valence-electron chi connectivity index (χ4n) is 2.54. The summed E-state index contributed by atoms with van der Waals surface area (Å²) >= 11 is 0. The van der Waals surface area contributed by atoms with Crippen molar-refractivity contribution < 1.29 is 13.2 Å². The van der Waals surface area contributed by atoms with Crippen LogP contribution in [-0.4, -0.2) is 37.6 Å². The molecule has 1 aliphatic heterocycles. The first-order valence-electron chi connectivity index (χ1n) is 7.01. The van der Waals surface area contributed by atoms with Crippen molar-refractivity contribution in [2.24, 2.45) is 11.1 Å². The maximum absolute atomic E-state index is 12.7. The minimum absolute atomic E-state index is 0. The van der Waals surface area contributed by atoms with E-state index in [2.05, 4.69) is 0 Å². The van der Waals surface area contributed by atoms with Crippen LogP contribution in [0.3, 0.4) is 0 Å². The zero-order chi connectivity index (χ0) is 15.8. The summed E-state index contributed by atoms with van der Waals surface area (Å²) in [6.45, 7) is 6.26. The second-order valence-corrected chi connectivity index (χ2v) is 8.24. The summed E-state index contributed by atoms with van der Waals surface area (Å²) in [5.41, 5.74) is 6.31. The molecular weight excluding hydrogens is 324 g/mol. The third kappa shape index (κ3) is 3.68. The van der Waals surface area contributed by atoms with Crippen LogP contribution in [0.4, 0.5) is 0 Å². The second-order valence-electron chi connectivity index (χ2n) is 6.30. The Morgan fingerprint density at radius 3 is 2.27 bits per heavy atom. The van der Waals surface area contributed by atoms with Crippen LogP contribution < -0.4 is 5.73 Å². The summed E-state index contributed by atoms with van der Waals surface area (Å²) in [4.78, 5) is 11.5. The van der Waals surface area contributed by atoms with Gasteiger partial charge >= 0.3 is 0 Å². The molecule has 1 fully saturated rings.